The van der Waals surface area contributed by atoms with E-state index < -0.39 is 23.8 Å². The lowest BCUT2D eigenvalue weighted by atomic mass is 10.0. The van der Waals surface area contributed by atoms with Crippen LogP contribution in [0, 0.1) is 0 Å². The molecule has 4 N–H and O–H groups in total. The highest BCUT2D eigenvalue weighted by Gasteiger charge is 2.24. The number of rotatable bonds is 9. The summed E-state index contributed by atoms with van der Waals surface area (Å²) in [6, 6.07) is 32.1. The largest absolute Gasteiger partial charge is 0.508 e. The molecule has 0 bridgehead atoms. The van der Waals surface area contributed by atoms with Crippen LogP contribution in [0.3, 0.4) is 0 Å². The van der Waals surface area contributed by atoms with Crippen molar-refractivity contribution in [3.63, 3.8) is 0 Å². The summed E-state index contributed by atoms with van der Waals surface area (Å²) >= 11 is 0. The maximum atomic E-state index is 13.6. The fraction of sp³-hybridized carbons (Fsp3) is 0.0882. The summed E-state index contributed by atoms with van der Waals surface area (Å²) in [6.45, 7) is 0. The minimum absolute atomic E-state index is 0.0986. The van der Waals surface area contributed by atoms with Crippen LogP contribution in [-0.2, 0) is 11.2 Å². The molecule has 1 unspecified atom stereocenters. The number of hydrogen-bond donors (Lipinski definition) is 4. The third-order valence-electron chi connectivity index (χ3n) is 6.79. The fourth-order valence-corrected chi connectivity index (χ4v) is 4.54. The number of phenolic OH excluding ortho intramolecular Hbond substituents is 1. The third-order valence-corrected chi connectivity index (χ3v) is 6.79. The van der Waals surface area contributed by atoms with E-state index in [0.717, 1.165) is 16.3 Å². The van der Waals surface area contributed by atoms with Crippen molar-refractivity contribution in [1.82, 2.24) is 5.32 Å². The highest BCUT2D eigenvalue weighted by Crippen LogP contribution is 2.21. The first-order valence-corrected chi connectivity index (χ1v) is 13.3. The van der Waals surface area contributed by atoms with Gasteiger partial charge in [-0.05, 0) is 77.0 Å². The van der Waals surface area contributed by atoms with Gasteiger partial charge in [0, 0.05) is 17.7 Å². The second-order valence-corrected chi connectivity index (χ2v) is 9.68. The lowest BCUT2D eigenvalue weighted by molar-refractivity contribution is -0.118. The van der Waals surface area contributed by atoms with E-state index in [9.17, 15) is 19.5 Å². The van der Waals surface area contributed by atoms with E-state index in [4.69, 9.17) is 4.74 Å². The number of amides is 3. The molecule has 0 heterocycles. The Morgan fingerprint density at radius 1 is 0.738 bits per heavy atom. The first kappa shape index (κ1) is 27.9. The zero-order valence-electron chi connectivity index (χ0n) is 22.8. The number of carbonyl (C=O) groups excluding carboxylic acids is 3. The van der Waals surface area contributed by atoms with Crippen LogP contribution in [0.15, 0.2) is 115 Å². The minimum Gasteiger partial charge on any atom is -0.508 e. The molecule has 3 amide bonds. The number of para-hydroxylation sites is 1. The molecule has 0 radical (unpaired) electrons. The van der Waals surface area contributed by atoms with Crippen molar-refractivity contribution >= 4 is 39.9 Å². The third kappa shape index (κ3) is 6.74. The topological polar surface area (TPSA) is 117 Å². The summed E-state index contributed by atoms with van der Waals surface area (Å²) in [6.07, 6.45) is 0.172. The molecule has 0 spiro atoms. The molecule has 5 aromatic carbocycles. The van der Waals surface area contributed by atoms with E-state index in [1.54, 1.807) is 67.8 Å². The minimum atomic E-state index is -0.959. The normalized spacial score (nSPS) is 11.4. The average molecular weight is 560 g/mol. The molecule has 0 aliphatic rings. The number of nitrogens with one attached hydrogen (secondary N) is 3. The van der Waals surface area contributed by atoms with Crippen molar-refractivity contribution in [3.8, 4) is 11.5 Å². The quantitative estimate of drug-likeness (QED) is 0.183. The maximum Gasteiger partial charge on any atom is 0.255 e. The molecular weight excluding hydrogens is 530 g/mol. The van der Waals surface area contributed by atoms with Gasteiger partial charge in [0.05, 0.1) is 18.4 Å². The van der Waals surface area contributed by atoms with E-state index in [-0.39, 0.29) is 17.7 Å². The monoisotopic (exact) mass is 559 g/mol. The van der Waals surface area contributed by atoms with Crippen molar-refractivity contribution in [2.75, 3.05) is 17.7 Å². The molecule has 0 aliphatic carbocycles. The standard InChI is InChI=1S/C34H29N3O5/c1-42-28-18-13-24(14-19-28)32(39)36-30-9-5-4-8-29(30)33(40)37-31(20-22-10-16-27(38)17-11-22)34(41)35-26-15-12-23-6-2-3-7-25(23)21-26/h2-19,21,31,38H,20H2,1H3,(H,35,41)(H,36,39)(H,37,40). The number of aromatic hydroxyl groups is 1. The lowest BCUT2D eigenvalue weighted by Crippen LogP contribution is -2.45. The molecule has 42 heavy (non-hydrogen) atoms. The van der Waals surface area contributed by atoms with Crippen LogP contribution in [0.2, 0.25) is 0 Å². The van der Waals surface area contributed by atoms with Gasteiger partial charge >= 0.3 is 0 Å². The summed E-state index contributed by atoms with van der Waals surface area (Å²) in [5, 5.41) is 20.3. The van der Waals surface area contributed by atoms with E-state index in [2.05, 4.69) is 16.0 Å². The second-order valence-electron chi connectivity index (χ2n) is 9.68. The molecule has 1 atom stereocenters. The van der Waals surface area contributed by atoms with Gasteiger partial charge in [-0.1, -0.05) is 54.6 Å². The smallest absolute Gasteiger partial charge is 0.255 e. The van der Waals surface area contributed by atoms with Gasteiger partial charge in [0.15, 0.2) is 0 Å². The number of benzene rings is 5. The summed E-state index contributed by atoms with van der Waals surface area (Å²) in [5.41, 5.74) is 2.23. The molecule has 0 fully saturated rings. The number of hydrogen-bond acceptors (Lipinski definition) is 5. The van der Waals surface area contributed by atoms with Gasteiger partial charge in [-0.3, -0.25) is 14.4 Å². The zero-order valence-corrected chi connectivity index (χ0v) is 22.8. The van der Waals surface area contributed by atoms with Crippen molar-refractivity contribution in [2.24, 2.45) is 0 Å². The van der Waals surface area contributed by atoms with Crippen LogP contribution in [0.4, 0.5) is 11.4 Å². The van der Waals surface area contributed by atoms with Crippen molar-refractivity contribution in [2.45, 2.75) is 12.5 Å². The van der Waals surface area contributed by atoms with Gasteiger partial charge in [-0.15, -0.1) is 0 Å². The predicted octanol–water partition coefficient (Wildman–Crippen LogP) is 5.79. The summed E-state index contributed by atoms with van der Waals surface area (Å²) in [4.78, 5) is 40.0. The Morgan fingerprint density at radius 2 is 1.43 bits per heavy atom. The Morgan fingerprint density at radius 3 is 2.17 bits per heavy atom. The number of ether oxygens (including phenoxy) is 1. The van der Waals surface area contributed by atoms with Crippen molar-refractivity contribution in [3.05, 3.63) is 132 Å². The van der Waals surface area contributed by atoms with Crippen LogP contribution in [0.5, 0.6) is 11.5 Å². The van der Waals surface area contributed by atoms with Gasteiger partial charge in [-0.25, -0.2) is 0 Å². The van der Waals surface area contributed by atoms with Gasteiger partial charge in [0.2, 0.25) is 5.91 Å². The number of anilines is 2. The maximum absolute atomic E-state index is 13.6. The van der Waals surface area contributed by atoms with Gasteiger partial charge in [0.25, 0.3) is 11.8 Å². The number of phenols is 1. The number of fused-ring (bicyclic) bond motifs is 1. The molecule has 210 valence electrons. The molecule has 8 heteroatoms. The molecule has 5 aromatic rings. The van der Waals surface area contributed by atoms with Crippen LogP contribution < -0.4 is 20.7 Å². The van der Waals surface area contributed by atoms with Crippen molar-refractivity contribution in [1.29, 1.82) is 0 Å². The average Bonchev–Trinajstić information content (AvgIpc) is 3.02. The van der Waals surface area contributed by atoms with Crippen LogP contribution in [0.1, 0.15) is 26.3 Å². The highest BCUT2D eigenvalue weighted by molar-refractivity contribution is 6.10. The zero-order chi connectivity index (χ0) is 29.5. The van der Waals surface area contributed by atoms with E-state index >= 15 is 0 Å². The fourth-order valence-electron chi connectivity index (χ4n) is 4.54. The second kappa shape index (κ2) is 12.7. The Hall–Kier alpha value is -5.63. The molecule has 8 nitrogen and oxygen atoms in total. The Bertz CT molecular complexity index is 1730. The lowest BCUT2D eigenvalue weighted by Gasteiger charge is -2.20. The van der Waals surface area contributed by atoms with E-state index in [1.807, 2.05) is 42.5 Å². The van der Waals surface area contributed by atoms with Gasteiger partial charge in [-0.2, -0.15) is 0 Å². The molecular formula is C34H29N3O5. The SMILES string of the molecule is COc1ccc(C(=O)Nc2ccccc2C(=O)NC(Cc2ccc(O)cc2)C(=O)Nc2ccc3ccccc3c2)cc1. The molecule has 5 rings (SSSR count). The molecule has 0 saturated carbocycles. The molecule has 0 saturated heterocycles. The predicted molar refractivity (Wildman–Crippen MR) is 163 cm³/mol. The van der Waals surface area contributed by atoms with Gasteiger partial charge in [0.1, 0.15) is 17.5 Å². The van der Waals surface area contributed by atoms with Crippen LogP contribution in [0.25, 0.3) is 10.8 Å². The van der Waals surface area contributed by atoms with Crippen LogP contribution >= 0.6 is 0 Å². The van der Waals surface area contributed by atoms with Crippen molar-refractivity contribution < 1.29 is 24.2 Å². The van der Waals surface area contributed by atoms with E-state index in [0.29, 0.717) is 22.7 Å². The van der Waals surface area contributed by atoms with Gasteiger partial charge < -0.3 is 25.8 Å². The number of carbonyl (C=O) groups is 3. The first-order chi connectivity index (χ1) is 20.4. The summed E-state index contributed by atoms with van der Waals surface area (Å²) < 4.78 is 5.15. The Balaban J connectivity index is 1.37. The molecule has 0 aromatic heterocycles. The Kier molecular flexibility index (Phi) is 8.44. The summed E-state index contributed by atoms with van der Waals surface area (Å²) in [7, 11) is 1.54. The van der Waals surface area contributed by atoms with E-state index in [1.165, 1.54) is 12.1 Å². The number of methoxy groups -OCH3 is 1. The molecule has 0 aliphatic heterocycles. The first-order valence-electron chi connectivity index (χ1n) is 13.3. The van der Waals surface area contributed by atoms with Crippen LogP contribution in [-0.4, -0.2) is 36.0 Å². The summed E-state index contributed by atoms with van der Waals surface area (Å²) in [5.74, 6) is -0.619. The highest BCUT2D eigenvalue weighted by atomic mass is 16.5. The Labute approximate surface area is 243 Å².